The van der Waals surface area contributed by atoms with E-state index in [2.05, 4.69) is 11.4 Å². The average molecular weight is 218 g/mol. The van der Waals surface area contributed by atoms with Crippen molar-refractivity contribution >= 4 is 11.4 Å². The minimum Gasteiger partial charge on any atom is -0.399 e. The molecule has 1 heterocycles. The van der Waals surface area contributed by atoms with Gasteiger partial charge in [0.1, 0.15) is 0 Å². The summed E-state index contributed by atoms with van der Waals surface area (Å²) in [5, 5.41) is 3.55. The molecular formula is C13H18N2O. The van der Waals surface area contributed by atoms with Gasteiger partial charge in [-0.2, -0.15) is 0 Å². The molecule has 2 aliphatic rings. The average Bonchev–Trinajstić information content (AvgIpc) is 3.00. The molecule has 86 valence electrons. The van der Waals surface area contributed by atoms with E-state index in [-0.39, 0.29) is 0 Å². The molecule has 0 aromatic heterocycles. The normalized spacial score (nSPS) is 29.2. The second-order valence-corrected chi connectivity index (χ2v) is 4.84. The summed E-state index contributed by atoms with van der Waals surface area (Å²) in [5.41, 5.74) is 7.69. The van der Waals surface area contributed by atoms with Crippen LogP contribution in [0.1, 0.15) is 19.3 Å². The van der Waals surface area contributed by atoms with E-state index in [1.807, 2.05) is 18.2 Å². The SMILES string of the molecule is Nc1cccc(NC2CCOC2C2CC2)c1. The Balaban J connectivity index is 1.69. The Kier molecular flexibility index (Phi) is 2.48. The van der Waals surface area contributed by atoms with Crippen molar-refractivity contribution in [3.8, 4) is 0 Å². The first-order valence-electron chi connectivity index (χ1n) is 6.06. The van der Waals surface area contributed by atoms with Gasteiger partial charge in [0.15, 0.2) is 0 Å². The lowest BCUT2D eigenvalue weighted by atomic mass is 10.1. The van der Waals surface area contributed by atoms with Gasteiger partial charge in [0.2, 0.25) is 0 Å². The fraction of sp³-hybridized carbons (Fsp3) is 0.538. The Morgan fingerprint density at radius 2 is 2.12 bits per heavy atom. The first kappa shape index (κ1) is 9.97. The number of nitrogen functional groups attached to an aromatic ring is 1. The molecule has 2 fully saturated rings. The van der Waals surface area contributed by atoms with E-state index in [4.69, 9.17) is 10.5 Å². The molecule has 1 aliphatic carbocycles. The van der Waals surface area contributed by atoms with Crippen molar-refractivity contribution in [3.05, 3.63) is 24.3 Å². The van der Waals surface area contributed by atoms with Crippen molar-refractivity contribution < 1.29 is 4.74 Å². The first-order chi connectivity index (χ1) is 7.83. The maximum atomic E-state index is 5.80. The predicted molar refractivity (Wildman–Crippen MR) is 65.3 cm³/mol. The van der Waals surface area contributed by atoms with E-state index >= 15 is 0 Å². The highest BCUT2D eigenvalue weighted by Gasteiger charge is 2.40. The molecule has 3 N–H and O–H groups in total. The van der Waals surface area contributed by atoms with Crippen LogP contribution in [-0.4, -0.2) is 18.8 Å². The summed E-state index contributed by atoms with van der Waals surface area (Å²) >= 11 is 0. The van der Waals surface area contributed by atoms with Crippen LogP contribution in [-0.2, 0) is 4.74 Å². The van der Waals surface area contributed by atoms with Gasteiger partial charge in [0, 0.05) is 18.0 Å². The molecule has 3 heteroatoms. The number of anilines is 2. The molecule has 2 atom stereocenters. The molecule has 2 unspecified atom stereocenters. The maximum Gasteiger partial charge on any atom is 0.0804 e. The number of nitrogens with one attached hydrogen (secondary N) is 1. The van der Waals surface area contributed by atoms with Crippen molar-refractivity contribution in [1.82, 2.24) is 0 Å². The highest BCUT2D eigenvalue weighted by molar-refractivity contribution is 5.54. The number of benzene rings is 1. The van der Waals surface area contributed by atoms with E-state index in [9.17, 15) is 0 Å². The molecule has 1 saturated heterocycles. The van der Waals surface area contributed by atoms with E-state index in [0.717, 1.165) is 30.3 Å². The second kappa shape index (κ2) is 3.98. The number of hydrogen-bond donors (Lipinski definition) is 2. The number of hydrogen-bond acceptors (Lipinski definition) is 3. The van der Waals surface area contributed by atoms with Crippen molar-refractivity contribution in [2.75, 3.05) is 17.7 Å². The van der Waals surface area contributed by atoms with E-state index in [1.165, 1.54) is 12.8 Å². The second-order valence-electron chi connectivity index (χ2n) is 4.84. The Labute approximate surface area is 96.0 Å². The topological polar surface area (TPSA) is 47.3 Å². The highest BCUT2D eigenvalue weighted by Crippen LogP contribution is 2.39. The number of nitrogens with two attached hydrogens (primary N) is 1. The first-order valence-corrected chi connectivity index (χ1v) is 6.06. The van der Waals surface area contributed by atoms with Gasteiger partial charge in [-0.25, -0.2) is 0 Å². The van der Waals surface area contributed by atoms with Gasteiger partial charge in [0.25, 0.3) is 0 Å². The van der Waals surface area contributed by atoms with Crippen LogP contribution >= 0.6 is 0 Å². The lowest BCUT2D eigenvalue weighted by Crippen LogP contribution is -2.30. The van der Waals surface area contributed by atoms with E-state index in [1.54, 1.807) is 0 Å². The number of ether oxygens (including phenoxy) is 1. The van der Waals surface area contributed by atoms with Crippen LogP contribution in [0.3, 0.4) is 0 Å². The highest BCUT2D eigenvalue weighted by atomic mass is 16.5. The molecule has 16 heavy (non-hydrogen) atoms. The summed E-state index contributed by atoms with van der Waals surface area (Å²) in [4.78, 5) is 0. The van der Waals surface area contributed by atoms with Crippen molar-refractivity contribution in [2.45, 2.75) is 31.4 Å². The molecule has 1 saturated carbocycles. The molecule has 1 aliphatic heterocycles. The quantitative estimate of drug-likeness (QED) is 0.765. The molecule has 3 rings (SSSR count). The maximum absolute atomic E-state index is 5.80. The minimum atomic E-state index is 0.418. The van der Waals surface area contributed by atoms with Crippen LogP contribution in [0.25, 0.3) is 0 Å². The third kappa shape index (κ3) is 2.00. The number of rotatable bonds is 3. The van der Waals surface area contributed by atoms with Gasteiger partial charge >= 0.3 is 0 Å². The largest absolute Gasteiger partial charge is 0.399 e. The van der Waals surface area contributed by atoms with Gasteiger partial charge in [-0.3, -0.25) is 0 Å². The van der Waals surface area contributed by atoms with Crippen LogP contribution in [0.2, 0.25) is 0 Å². The van der Waals surface area contributed by atoms with Gasteiger partial charge in [-0.15, -0.1) is 0 Å². The lowest BCUT2D eigenvalue weighted by Gasteiger charge is -2.20. The molecule has 0 radical (unpaired) electrons. The fourth-order valence-corrected chi connectivity index (χ4v) is 2.50. The van der Waals surface area contributed by atoms with Gasteiger partial charge in [-0.05, 0) is 43.4 Å². The monoisotopic (exact) mass is 218 g/mol. The van der Waals surface area contributed by atoms with Crippen LogP contribution in [0.15, 0.2) is 24.3 Å². The lowest BCUT2D eigenvalue weighted by molar-refractivity contribution is 0.0898. The van der Waals surface area contributed by atoms with Crippen LogP contribution in [0, 0.1) is 5.92 Å². The van der Waals surface area contributed by atoms with E-state index in [0.29, 0.717) is 12.1 Å². The Hall–Kier alpha value is -1.22. The zero-order valence-electron chi connectivity index (χ0n) is 9.36. The zero-order chi connectivity index (χ0) is 11.0. The van der Waals surface area contributed by atoms with Gasteiger partial charge in [-0.1, -0.05) is 6.07 Å². The Morgan fingerprint density at radius 1 is 1.25 bits per heavy atom. The smallest absolute Gasteiger partial charge is 0.0804 e. The van der Waals surface area contributed by atoms with Crippen molar-refractivity contribution in [1.29, 1.82) is 0 Å². The molecule has 0 spiro atoms. The molecule has 3 nitrogen and oxygen atoms in total. The van der Waals surface area contributed by atoms with Crippen molar-refractivity contribution in [2.24, 2.45) is 5.92 Å². The molecule has 0 bridgehead atoms. The summed E-state index contributed by atoms with van der Waals surface area (Å²) in [6.07, 6.45) is 4.19. The Bertz CT molecular complexity index is 376. The van der Waals surface area contributed by atoms with Crippen LogP contribution in [0.4, 0.5) is 11.4 Å². The van der Waals surface area contributed by atoms with Gasteiger partial charge in [0.05, 0.1) is 12.1 Å². The minimum absolute atomic E-state index is 0.418. The predicted octanol–water partition coefficient (Wildman–Crippen LogP) is 2.25. The summed E-state index contributed by atoms with van der Waals surface area (Å²) in [7, 11) is 0. The fourth-order valence-electron chi connectivity index (χ4n) is 2.50. The standard InChI is InChI=1S/C13H18N2O/c14-10-2-1-3-11(8-10)15-12-6-7-16-13(12)9-4-5-9/h1-3,8-9,12-13,15H,4-7,14H2. The van der Waals surface area contributed by atoms with Crippen LogP contribution < -0.4 is 11.1 Å². The van der Waals surface area contributed by atoms with Crippen LogP contribution in [0.5, 0.6) is 0 Å². The molecule has 0 amide bonds. The summed E-state index contributed by atoms with van der Waals surface area (Å²) in [6, 6.07) is 8.42. The Morgan fingerprint density at radius 3 is 2.88 bits per heavy atom. The van der Waals surface area contributed by atoms with Crippen molar-refractivity contribution in [3.63, 3.8) is 0 Å². The summed E-state index contributed by atoms with van der Waals surface area (Å²) in [6.45, 7) is 0.890. The summed E-state index contributed by atoms with van der Waals surface area (Å²) < 4.78 is 5.80. The van der Waals surface area contributed by atoms with E-state index < -0.39 is 0 Å². The molecule has 1 aromatic rings. The third-order valence-electron chi connectivity index (χ3n) is 3.46. The van der Waals surface area contributed by atoms with Gasteiger partial charge < -0.3 is 15.8 Å². The molecular weight excluding hydrogens is 200 g/mol. The summed E-state index contributed by atoms with van der Waals surface area (Å²) in [5.74, 6) is 0.793. The third-order valence-corrected chi connectivity index (χ3v) is 3.46. The zero-order valence-corrected chi connectivity index (χ0v) is 9.36. The molecule has 1 aromatic carbocycles.